The zero-order chi connectivity index (χ0) is 30.8. The molecule has 0 fully saturated rings. The van der Waals surface area contributed by atoms with Crippen molar-refractivity contribution in [2.45, 2.75) is 13.0 Å². The first-order valence-corrected chi connectivity index (χ1v) is 12.7. The normalized spacial score (nSPS) is 12.5. The summed E-state index contributed by atoms with van der Waals surface area (Å²) in [6.07, 6.45) is 5.31. The molecule has 3 aromatic carbocycles. The average Bonchev–Trinajstić information content (AvgIpc) is 2.99. The topological polar surface area (TPSA) is 100 Å². The molecule has 3 aromatic rings. The SMILES string of the molecule is COc1ccc(C=CC(=O)C(C(=O)C=Cc2ccc(OC)c(OC)c2)C(NC(C)=O)c2ccc(F)c(F)c2)cc1OC. The summed E-state index contributed by atoms with van der Waals surface area (Å²) < 4.78 is 49.0. The maximum atomic E-state index is 14.2. The summed E-state index contributed by atoms with van der Waals surface area (Å²) in [4.78, 5) is 39.4. The van der Waals surface area contributed by atoms with E-state index in [0.29, 0.717) is 34.1 Å². The van der Waals surface area contributed by atoms with Gasteiger partial charge in [-0.2, -0.15) is 0 Å². The van der Waals surface area contributed by atoms with E-state index in [4.69, 9.17) is 18.9 Å². The van der Waals surface area contributed by atoms with Crippen molar-refractivity contribution >= 4 is 29.6 Å². The van der Waals surface area contributed by atoms with E-state index in [2.05, 4.69) is 5.32 Å². The van der Waals surface area contributed by atoms with Crippen LogP contribution in [-0.4, -0.2) is 45.9 Å². The molecule has 10 heteroatoms. The van der Waals surface area contributed by atoms with Crippen LogP contribution in [0.4, 0.5) is 8.78 Å². The van der Waals surface area contributed by atoms with Gasteiger partial charge in [-0.05, 0) is 65.2 Å². The second-order valence-electron chi connectivity index (χ2n) is 9.03. The van der Waals surface area contributed by atoms with E-state index in [0.717, 1.165) is 12.1 Å². The lowest BCUT2D eigenvalue weighted by atomic mass is 9.85. The van der Waals surface area contributed by atoms with E-state index in [9.17, 15) is 23.2 Å². The molecule has 3 rings (SSSR count). The quantitative estimate of drug-likeness (QED) is 0.215. The van der Waals surface area contributed by atoms with Crippen molar-refractivity contribution in [3.8, 4) is 23.0 Å². The number of ketones is 2. The minimum absolute atomic E-state index is 0.0369. The fraction of sp³-hybridized carbons (Fsp3) is 0.219. The van der Waals surface area contributed by atoms with Gasteiger partial charge in [0.2, 0.25) is 5.91 Å². The van der Waals surface area contributed by atoms with Gasteiger partial charge in [-0.15, -0.1) is 0 Å². The number of rotatable bonds is 13. The van der Waals surface area contributed by atoms with Gasteiger partial charge in [-0.1, -0.05) is 30.4 Å². The number of halogens is 2. The van der Waals surface area contributed by atoms with Crippen molar-refractivity contribution in [3.63, 3.8) is 0 Å². The van der Waals surface area contributed by atoms with Gasteiger partial charge in [0.05, 0.1) is 34.5 Å². The fourth-order valence-corrected chi connectivity index (χ4v) is 4.23. The van der Waals surface area contributed by atoms with Gasteiger partial charge in [-0.3, -0.25) is 14.4 Å². The van der Waals surface area contributed by atoms with Gasteiger partial charge in [-0.25, -0.2) is 8.78 Å². The van der Waals surface area contributed by atoms with E-state index < -0.39 is 41.1 Å². The van der Waals surface area contributed by atoms with E-state index in [1.165, 1.54) is 65.7 Å². The Morgan fingerprint density at radius 1 is 0.667 bits per heavy atom. The Morgan fingerprint density at radius 3 is 1.55 bits per heavy atom. The second kappa shape index (κ2) is 14.6. The van der Waals surface area contributed by atoms with Crippen LogP contribution >= 0.6 is 0 Å². The number of ether oxygens (including phenoxy) is 4. The number of methoxy groups -OCH3 is 4. The highest BCUT2D eigenvalue weighted by molar-refractivity contribution is 6.14. The maximum absolute atomic E-state index is 14.2. The molecule has 0 aliphatic carbocycles. The number of carbonyl (C=O) groups excluding carboxylic acids is 3. The number of hydrogen-bond donors (Lipinski definition) is 1. The number of nitrogens with one attached hydrogen (secondary N) is 1. The third-order valence-electron chi connectivity index (χ3n) is 6.30. The minimum atomic E-state index is -1.52. The molecule has 1 atom stereocenters. The van der Waals surface area contributed by atoms with Gasteiger partial charge in [0.15, 0.2) is 46.2 Å². The lowest BCUT2D eigenvalue weighted by Crippen LogP contribution is -2.39. The molecule has 0 aliphatic rings. The Morgan fingerprint density at radius 2 is 1.14 bits per heavy atom. The molecule has 0 bridgehead atoms. The van der Waals surface area contributed by atoms with Crippen LogP contribution in [0.25, 0.3) is 12.2 Å². The molecule has 220 valence electrons. The smallest absolute Gasteiger partial charge is 0.217 e. The lowest BCUT2D eigenvalue weighted by molar-refractivity contribution is -0.129. The molecular formula is C32H31F2NO7. The van der Waals surface area contributed by atoms with Crippen LogP contribution in [0.5, 0.6) is 23.0 Å². The Balaban J connectivity index is 2.05. The van der Waals surface area contributed by atoms with Crippen LogP contribution in [0.15, 0.2) is 66.7 Å². The summed E-state index contributed by atoms with van der Waals surface area (Å²) in [6.45, 7) is 1.19. The molecule has 1 amide bonds. The third-order valence-corrected chi connectivity index (χ3v) is 6.30. The molecule has 0 radical (unpaired) electrons. The second-order valence-corrected chi connectivity index (χ2v) is 9.03. The van der Waals surface area contributed by atoms with Crippen molar-refractivity contribution in [1.29, 1.82) is 0 Å². The molecule has 0 saturated heterocycles. The molecule has 1 unspecified atom stereocenters. The Kier molecular flexibility index (Phi) is 11.0. The Hall–Kier alpha value is -4.99. The van der Waals surface area contributed by atoms with Crippen molar-refractivity contribution in [1.82, 2.24) is 5.32 Å². The molecule has 0 heterocycles. The summed E-state index contributed by atoms with van der Waals surface area (Å²) in [6, 6.07) is 11.6. The van der Waals surface area contributed by atoms with Gasteiger partial charge in [0.1, 0.15) is 5.92 Å². The molecule has 1 N–H and O–H groups in total. The zero-order valence-electron chi connectivity index (χ0n) is 23.8. The summed E-state index contributed by atoms with van der Waals surface area (Å²) in [5, 5.41) is 2.56. The molecule has 0 saturated carbocycles. The van der Waals surface area contributed by atoms with Crippen LogP contribution in [-0.2, 0) is 14.4 Å². The Labute approximate surface area is 242 Å². The van der Waals surface area contributed by atoms with Crippen molar-refractivity contribution < 1.29 is 42.1 Å². The number of allylic oxidation sites excluding steroid dienone is 2. The van der Waals surface area contributed by atoms with E-state index in [1.807, 2.05) is 0 Å². The molecular weight excluding hydrogens is 548 g/mol. The summed E-state index contributed by atoms with van der Waals surface area (Å²) in [5.41, 5.74) is 1.17. The third kappa shape index (κ3) is 7.81. The largest absolute Gasteiger partial charge is 0.493 e. The van der Waals surface area contributed by atoms with Crippen LogP contribution in [0, 0.1) is 17.6 Å². The predicted octanol–water partition coefficient (Wildman–Crippen LogP) is 5.36. The molecule has 0 aliphatic heterocycles. The molecule has 0 spiro atoms. The van der Waals surface area contributed by atoms with Gasteiger partial charge < -0.3 is 24.3 Å². The molecule has 8 nitrogen and oxygen atoms in total. The first-order valence-electron chi connectivity index (χ1n) is 12.7. The van der Waals surface area contributed by atoms with Crippen molar-refractivity contribution in [2.75, 3.05) is 28.4 Å². The lowest BCUT2D eigenvalue weighted by Gasteiger charge is -2.25. The van der Waals surface area contributed by atoms with Crippen LogP contribution in [0.2, 0.25) is 0 Å². The molecule has 0 aromatic heterocycles. The maximum Gasteiger partial charge on any atom is 0.217 e. The van der Waals surface area contributed by atoms with Gasteiger partial charge >= 0.3 is 0 Å². The predicted molar refractivity (Wildman–Crippen MR) is 154 cm³/mol. The number of benzene rings is 3. The van der Waals surface area contributed by atoms with Gasteiger partial charge in [0.25, 0.3) is 0 Å². The van der Waals surface area contributed by atoms with E-state index >= 15 is 0 Å². The standard InChI is InChI=1S/C32H31F2NO7/c1-19(36)35-32(22-10-11-23(33)24(34)18-22)31(25(37)12-6-20-8-14-27(39-2)29(16-20)41-4)26(38)13-7-21-9-15-28(40-3)30(17-21)42-5/h6-18,31-32H,1-5H3,(H,35,36). The van der Waals surface area contributed by atoms with Crippen LogP contribution < -0.4 is 24.3 Å². The first kappa shape index (κ1) is 31.5. The number of amides is 1. The van der Waals surface area contributed by atoms with E-state index in [-0.39, 0.29) is 5.56 Å². The first-order chi connectivity index (χ1) is 20.1. The zero-order valence-corrected chi connectivity index (χ0v) is 23.8. The molecule has 42 heavy (non-hydrogen) atoms. The monoisotopic (exact) mass is 579 g/mol. The van der Waals surface area contributed by atoms with Crippen LogP contribution in [0.3, 0.4) is 0 Å². The fourth-order valence-electron chi connectivity index (χ4n) is 4.23. The summed E-state index contributed by atoms with van der Waals surface area (Å²) in [7, 11) is 5.91. The highest BCUT2D eigenvalue weighted by Gasteiger charge is 2.34. The van der Waals surface area contributed by atoms with E-state index in [1.54, 1.807) is 36.4 Å². The highest BCUT2D eigenvalue weighted by Crippen LogP contribution is 2.31. The number of hydrogen-bond acceptors (Lipinski definition) is 7. The Bertz CT molecular complexity index is 1440. The van der Waals surface area contributed by atoms with Crippen LogP contribution in [0.1, 0.15) is 29.7 Å². The summed E-state index contributed by atoms with van der Waals surface area (Å²) in [5.74, 6) is -3.96. The number of carbonyl (C=O) groups is 3. The van der Waals surface area contributed by atoms with Gasteiger partial charge in [0, 0.05) is 6.92 Å². The highest BCUT2D eigenvalue weighted by atomic mass is 19.2. The summed E-state index contributed by atoms with van der Waals surface area (Å²) >= 11 is 0. The van der Waals surface area contributed by atoms with Crippen molar-refractivity contribution in [3.05, 3.63) is 95.1 Å². The van der Waals surface area contributed by atoms with Crippen molar-refractivity contribution in [2.24, 2.45) is 5.92 Å². The average molecular weight is 580 g/mol. The minimum Gasteiger partial charge on any atom is -0.493 e.